The fourth-order valence-electron chi connectivity index (χ4n) is 2.84. The molecule has 2 unspecified atom stereocenters. The maximum atomic E-state index is 12.1. The first-order chi connectivity index (χ1) is 9.08. The first kappa shape index (κ1) is 12.2. The normalized spacial score (nSPS) is 24.8. The highest BCUT2D eigenvalue weighted by Gasteiger charge is 2.45. The molecule has 2 fully saturated rings. The third-order valence-corrected chi connectivity index (χ3v) is 4.03. The summed E-state index contributed by atoms with van der Waals surface area (Å²) in [7, 11) is 1.91. The second-order valence-electron chi connectivity index (χ2n) is 5.46. The van der Waals surface area contributed by atoms with Crippen molar-refractivity contribution in [3.8, 4) is 0 Å². The summed E-state index contributed by atoms with van der Waals surface area (Å²) < 4.78 is 1.92. The molecule has 1 aromatic heterocycles. The van der Waals surface area contributed by atoms with Gasteiger partial charge in [-0.1, -0.05) is 0 Å². The minimum Gasteiger partial charge on any atom is -0.481 e. The van der Waals surface area contributed by atoms with Crippen molar-refractivity contribution in [2.75, 3.05) is 6.54 Å². The number of aliphatic carboxylic acids is 1. The number of aryl methyl sites for hydroxylation is 1. The lowest BCUT2D eigenvalue weighted by Gasteiger charge is -2.27. The Kier molecular flexibility index (Phi) is 2.80. The topological polar surface area (TPSA) is 75.4 Å². The van der Waals surface area contributed by atoms with Crippen LogP contribution in [0.1, 0.15) is 31.1 Å². The van der Waals surface area contributed by atoms with Crippen molar-refractivity contribution in [1.29, 1.82) is 0 Å². The second kappa shape index (κ2) is 4.36. The predicted octanol–water partition coefficient (Wildman–Crippen LogP) is 0.804. The van der Waals surface area contributed by atoms with Crippen LogP contribution in [0.2, 0.25) is 0 Å². The molecule has 6 heteroatoms. The van der Waals surface area contributed by atoms with Gasteiger partial charge in [0.1, 0.15) is 5.82 Å². The number of aromatic nitrogens is 2. The molecular weight excluding hydrogens is 246 g/mol. The van der Waals surface area contributed by atoms with Gasteiger partial charge in [0.2, 0.25) is 5.91 Å². The third kappa shape index (κ3) is 2.11. The Morgan fingerprint density at radius 3 is 2.74 bits per heavy atom. The summed E-state index contributed by atoms with van der Waals surface area (Å²) >= 11 is 0. The molecule has 1 amide bonds. The van der Waals surface area contributed by atoms with Crippen LogP contribution in [0.3, 0.4) is 0 Å². The monoisotopic (exact) mass is 263 g/mol. The Bertz CT molecular complexity index is 521. The first-order valence-electron chi connectivity index (χ1n) is 6.57. The van der Waals surface area contributed by atoms with Crippen molar-refractivity contribution < 1.29 is 14.7 Å². The maximum absolute atomic E-state index is 12.1. The van der Waals surface area contributed by atoms with Gasteiger partial charge in [0.05, 0.1) is 12.0 Å². The Labute approximate surface area is 111 Å². The van der Waals surface area contributed by atoms with E-state index >= 15 is 0 Å². The van der Waals surface area contributed by atoms with Crippen LogP contribution in [0.15, 0.2) is 12.4 Å². The molecule has 0 bridgehead atoms. The molecule has 1 N–H and O–H groups in total. The minimum atomic E-state index is -0.884. The quantitative estimate of drug-likeness (QED) is 0.872. The molecule has 1 saturated heterocycles. The van der Waals surface area contributed by atoms with Crippen molar-refractivity contribution in [3.63, 3.8) is 0 Å². The second-order valence-corrected chi connectivity index (χ2v) is 5.46. The number of imidazole rings is 1. The molecule has 1 saturated carbocycles. The molecule has 0 aromatic carbocycles. The predicted molar refractivity (Wildman–Crippen MR) is 66.1 cm³/mol. The number of nitrogens with zero attached hydrogens (tertiary/aromatic N) is 3. The van der Waals surface area contributed by atoms with Crippen molar-refractivity contribution in [2.45, 2.75) is 25.3 Å². The highest BCUT2D eigenvalue weighted by Crippen LogP contribution is 2.45. The average molecular weight is 263 g/mol. The van der Waals surface area contributed by atoms with Crippen molar-refractivity contribution in [3.05, 3.63) is 18.2 Å². The minimum absolute atomic E-state index is 0.0585. The summed E-state index contributed by atoms with van der Waals surface area (Å²) in [6, 6.07) is -0.0585. The Morgan fingerprint density at radius 2 is 2.26 bits per heavy atom. The third-order valence-electron chi connectivity index (χ3n) is 4.03. The SMILES string of the molecule is Cn1ccnc1C(C1CC1)N1CC(C(=O)O)CC1=O. The first-order valence-corrected chi connectivity index (χ1v) is 6.57. The standard InChI is InChI=1S/C13H17N3O3/c1-15-5-4-14-12(15)11(8-2-3-8)16-7-9(13(18)19)6-10(16)17/h4-5,8-9,11H,2-3,6-7H2,1H3,(H,18,19). The number of likely N-dealkylation sites (tertiary alicyclic amines) is 1. The van der Waals surface area contributed by atoms with Gasteiger partial charge in [-0.3, -0.25) is 9.59 Å². The number of carboxylic acids is 1. The maximum Gasteiger partial charge on any atom is 0.308 e. The van der Waals surface area contributed by atoms with Crippen molar-refractivity contribution >= 4 is 11.9 Å². The molecule has 1 aromatic rings. The number of carbonyl (C=O) groups excluding carboxylic acids is 1. The molecule has 1 aliphatic carbocycles. The van der Waals surface area contributed by atoms with E-state index in [0.29, 0.717) is 12.5 Å². The van der Waals surface area contributed by atoms with Crippen LogP contribution in [0, 0.1) is 11.8 Å². The van der Waals surface area contributed by atoms with Crippen molar-refractivity contribution in [1.82, 2.24) is 14.5 Å². The van der Waals surface area contributed by atoms with Crippen LogP contribution in [0.4, 0.5) is 0 Å². The van der Waals surface area contributed by atoms with E-state index in [4.69, 9.17) is 5.11 Å². The number of carbonyl (C=O) groups is 2. The van der Waals surface area contributed by atoms with Crippen LogP contribution in [-0.4, -0.2) is 38.0 Å². The van der Waals surface area contributed by atoms with Gasteiger partial charge >= 0.3 is 5.97 Å². The lowest BCUT2D eigenvalue weighted by atomic mass is 10.1. The Balaban J connectivity index is 1.87. The van der Waals surface area contributed by atoms with E-state index in [1.165, 1.54) is 0 Å². The van der Waals surface area contributed by atoms with E-state index in [1.807, 2.05) is 17.8 Å². The molecule has 2 heterocycles. The van der Waals surface area contributed by atoms with Gasteiger partial charge in [-0.15, -0.1) is 0 Å². The summed E-state index contributed by atoms with van der Waals surface area (Å²) in [6.45, 7) is 0.308. The van der Waals surface area contributed by atoms with Gasteiger partial charge in [0, 0.05) is 32.4 Å². The summed E-state index contributed by atoms with van der Waals surface area (Å²) in [4.78, 5) is 29.2. The zero-order chi connectivity index (χ0) is 13.6. The molecule has 6 nitrogen and oxygen atoms in total. The molecule has 0 spiro atoms. The molecule has 102 valence electrons. The van der Waals surface area contributed by atoms with Crippen LogP contribution >= 0.6 is 0 Å². The fraction of sp³-hybridized carbons (Fsp3) is 0.615. The number of hydrogen-bond donors (Lipinski definition) is 1. The van der Waals surface area contributed by atoms with E-state index in [-0.39, 0.29) is 18.4 Å². The number of hydrogen-bond acceptors (Lipinski definition) is 3. The van der Waals surface area contributed by atoms with E-state index in [9.17, 15) is 9.59 Å². The smallest absolute Gasteiger partial charge is 0.308 e. The Morgan fingerprint density at radius 1 is 1.53 bits per heavy atom. The van der Waals surface area contributed by atoms with E-state index in [1.54, 1.807) is 11.1 Å². The molecule has 2 aliphatic rings. The van der Waals surface area contributed by atoms with Gasteiger partial charge < -0.3 is 14.6 Å². The van der Waals surface area contributed by atoms with Crippen LogP contribution in [0.5, 0.6) is 0 Å². The molecule has 2 atom stereocenters. The Hall–Kier alpha value is -1.85. The van der Waals surface area contributed by atoms with E-state index < -0.39 is 11.9 Å². The van der Waals surface area contributed by atoms with Gasteiger partial charge in [-0.2, -0.15) is 0 Å². The molecule has 19 heavy (non-hydrogen) atoms. The summed E-state index contributed by atoms with van der Waals surface area (Å²) in [6.07, 6.45) is 5.86. The largest absolute Gasteiger partial charge is 0.481 e. The number of amides is 1. The van der Waals surface area contributed by atoms with E-state index in [0.717, 1.165) is 18.7 Å². The summed E-state index contributed by atoms with van der Waals surface area (Å²) in [5.41, 5.74) is 0. The highest BCUT2D eigenvalue weighted by molar-refractivity contribution is 5.86. The van der Waals surface area contributed by atoms with Gasteiger partial charge in [-0.05, 0) is 18.8 Å². The lowest BCUT2D eigenvalue weighted by Crippen LogP contribution is -2.33. The average Bonchev–Trinajstić information content (AvgIpc) is 2.99. The highest BCUT2D eigenvalue weighted by atomic mass is 16.4. The van der Waals surface area contributed by atoms with Gasteiger partial charge in [-0.25, -0.2) is 4.98 Å². The van der Waals surface area contributed by atoms with Crippen LogP contribution in [0.25, 0.3) is 0 Å². The molecular formula is C13H17N3O3. The molecule has 1 aliphatic heterocycles. The van der Waals surface area contributed by atoms with E-state index in [2.05, 4.69) is 4.98 Å². The summed E-state index contributed by atoms with van der Waals surface area (Å²) in [5.74, 6) is -0.231. The summed E-state index contributed by atoms with van der Waals surface area (Å²) in [5, 5.41) is 9.07. The van der Waals surface area contributed by atoms with Gasteiger partial charge in [0.25, 0.3) is 0 Å². The zero-order valence-electron chi connectivity index (χ0n) is 10.8. The number of rotatable bonds is 4. The lowest BCUT2D eigenvalue weighted by molar-refractivity contribution is -0.141. The number of carboxylic acid groups (broad SMARTS) is 1. The van der Waals surface area contributed by atoms with Crippen LogP contribution in [-0.2, 0) is 16.6 Å². The molecule has 3 rings (SSSR count). The van der Waals surface area contributed by atoms with Gasteiger partial charge in [0.15, 0.2) is 0 Å². The zero-order valence-corrected chi connectivity index (χ0v) is 10.8. The van der Waals surface area contributed by atoms with Crippen molar-refractivity contribution in [2.24, 2.45) is 18.9 Å². The fourth-order valence-corrected chi connectivity index (χ4v) is 2.84. The molecule has 0 radical (unpaired) electrons. The van der Waals surface area contributed by atoms with Crippen LogP contribution < -0.4 is 0 Å².